The van der Waals surface area contributed by atoms with Gasteiger partial charge >= 0.3 is 0 Å². The summed E-state index contributed by atoms with van der Waals surface area (Å²) in [6, 6.07) is 70.9. The quantitative estimate of drug-likeness (QED) is 0.184. The largest absolute Gasteiger partial charge is 0.228 e. The van der Waals surface area contributed by atoms with Crippen LogP contribution in [-0.4, -0.2) is 9.97 Å². The summed E-state index contributed by atoms with van der Waals surface area (Å²) in [7, 11) is 0. The van der Waals surface area contributed by atoms with E-state index >= 15 is 0 Å². The van der Waals surface area contributed by atoms with E-state index in [2.05, 4.69) is 188 Å². The zero-order chi connectivity index (χ0) is 36.1. The highest BCUT2D eigenvalue weighted by Gasteiger charge is 2.52. The molecule has 2 aliphatic rings. The zero-order valence-electron chi connectivity index (χ0n) is 29.9. The molecular formula is C53H32N2. The predicted octanol–water partition coefficient (Wildman–Crippen LogP) is 13.3. The minimum absolute atomic E-state index is 0.468. The van der Waals surface area contributed by atoms with E-state index in [1.165, 1.54) is 71.6 Å². The summed E-state index contributed by atoms with van der Waals surface area (Å²) in [6.07, 6.45) is 0. The second-order valence-corrected chi connectivity index (χ2v) is 14.8. The van der Waals surface area contributed by atoms with Crippen molar-refractivity contribution >= 4 is 32.4 Å². The number of hydrogen-bond acceptors (Lipinski definition) is 2. The standard InChI is InChI=1S/C53H32N2/c1-2-15-33(16-3-1)51-42-25-10-13-28-49(42)54-52(55-51)37-20-14-19-36(29-37)43-32-48-50(41-24-7-6-21-38(41)43)44-30-34-17-4-5-18-35(34)31-47(44)53(48)45-26-11-8-22-39(45)40-23-9-12-27-46(40)53/h1-32H. The van der Waals surface area contributed by atoms with E-state index in [1.807, 2.05) is 6.07 Å². The molecule has 2 aliphatic carbocycles. The molecule has 1 spiro atoms. The van der Waals surface area contributed by atoms with Crippen molar-refractivity contribution in [3.63, 3.8) is 0 Å². The van der Waals surface area contributed by atoms with E-state index in [0.29, 0.717) is 0 Å². The second-order valence-electron chi connectivity index (χ2n) is 14.8. The molecule has 0 aliphatic heterocycles. The fraction of sp³-hybridized carbons (Fsp3) is 0.0189. The molecule has 1 aromatic heterocycles. The number of para-hydroxylation sites is 1. The van der Waals surface area contributed by atoms with Gasteiger partial charge in [0.1, 0.15) is 0 Å². The maximum Gasteiger partial charge on any atom is 0.160 e. The molecule has 0 saturated heterocycles. The van der Waals surface area contributed by atoms with Crippen molar-refractivity contribution in [1.82, 2.24) is 9.97 Å². The van der Waals surface area contributed by atoms with Gasteiger partial charge in [0.2, 0.25) is 0 Å². The number of aromatic nitrogens is 2. The molecule has 2 nitrogen and oxygen atoms in total. The first-order valence-corrected chi connectivity index (χ1v) is 19.0. The Hall–Kier alpha value is -7.16. The van der Waals surface area contributed by atoms with Gasteiger partial charge in [-0.05, 0) is 108 Å². The molecule has 0 fully saturated rings. The highest BCUT2D eigenvalue weighted by atomic mass is 14.9. The lowest BCUT2D eigenvalue weighted by Crippen LogP contribution is -2.26. The summed E-state index contributed by atoms with van der Waals surface area (Å²) < 4.78 is 0. The van der Waals surface area contributed by atoms with Gasteiger partial charge in [-0.3, -0.25) is 0 Å². The minimum atomic E-state index is -0.468. The first-order valence-electron chi connectivity index (χ1n) is 19.0. The topological polar surface area (TPSA) is 25.8 Å². The summed E-state index contributed by atoms with van der Waals surface area (Å²) >= 11 is 0. The number of rotatable bonds is 3. The van der Waals surface area contributed by atoms with Gasteiger partial charge in [0.25, 0.3) is 0 Å². The molecule has 0 bridgehead atoms. The van der Waals surface area contributed by atoms with Crippen LogP contribution in [0.5, 0.6) is 0 Å². The summed E-state index contributed by atoms with van der Waals surface area (Å²) in [4.78, 5) is 10.4. The SMILES string of the molecule is c1ccc(-c2nc(-c3cccc(-c4cc5c(c6ccccc46)-c4cc6ccccc6cc4C54c5ccccc5-c5ccccc54)c3)nc3ccccc23)cc1. The highest BCUT2D eigenvalue weighted by Crippen LogP contribution is 2.64. The van der Waals surface area contributed by atoms with Crippen molar-refractivity contribution in [2.24, 2.45) is 0 Å². The van der Waals surface area contributed by atoms with Crippen LogP contribution in [0.15, 0.2) is 194 Å². The summed E-state index contributed by atoms with van der Waals surface area (Å²) in [6.45, 7) is 0. The molecule has 254 valence electrons. The van der Waals surface area contributed by atoms with Gasteiger partial charge in [-0.25, -0.2) is 9.97 Å². The molecule has 55 heavy (non-hydrogen) atoms. The van der Waals surface area contributed by atoms with E-state index < -0.39 is 5.41 Å². The van der Waals surface area contributed by atoms with Gasteiger partial charge in [0, 0.05) is 16.5 Å². The summed E-state index contributed by atoms with van der Waals surface area (Å²) in [5.41, 5.74) is 16.5. The second kappa shape index (κ2) is 11.4. The number of hydrogen-bond donors (Lipinski definition) is 0. The van der Waals surface area contributed by atoms with Crippen LogP contribution < -0.4 is 0 Å². The lowest BCUT2D eigenvalue weighted by molar-refractivity contribution is 0.796. The van der Waals surface area contributed by atoms with Crippen LogP contribution in [0.3, 0.4) is 0 Å². The van der Waals surface area contributed by atoms with Crippen molar-refractivity contribution in [2.75, 3.05) is 0 Å². The Labute approximate surface area is 319 Å². The fourth-order valence-electron chi connectivity index (χ4n) is 9.77. The van der Waals surface area contributed by atoms with E-state index in [0.717, 1.165) is 39.1 Å². The molecule has 0 amide bonds. The third kappa shape index (κ3) is 4.19. The first kappa shape index (κ1) is 30.3. The Morgan fingerprint density at radius 2 is 0.927 bits per heavy atom. The van der Waals surface area contributed by atoms with Gasteiger partial charge in [-0.1, -0.05) is 164 Å². The average Bonchev–Trinajstić information content (AvgIpc) is 3.72. The molecular weight excluding hydrogens is 665 g/mol. The van der Waals surface area contributed by atoms with Crippen molar-refractivity contribution < 1.29 is 0 Å². The van der Waals surface area contributed by atoms with Gasteiger partial charge in [-0.15, -0.1) is 0 Å². The van der Waals surface area contributed by atoms with E-state index in [-0.39, 0.29) is 0 Å². The lowest BCUT2D eigenvalue weighted by atomic mass is 9.69. The molecule has 12 rings (SSSR count). The van der Waals surface area contributed by atoms with Gasteiger partial charge in [-0.2, -0.15) is 0 Å². The Morgan fingerprint density at radius 3 is 1.71 bits per heavy atom. The Bertz CT molecular complexity index is 3170. The zero-order valence-corrected chi connectivity index (χ0v) is 29.9. The van der Waals surface area contributed by atoms with Gasteiger partial charge < -0.3 is 0 Å². The number of benzene rings is 9. The Morgan fingerprint density at radius 1 is 0.327 bits per heavy atom. The van der Waals surface area contributed by atoms with E-state index in [1.54, 1.807) is 0 Å². The minimum Gasteiger partial charge on any atom is -0.228 e. The van der Waals surface area contributed by atoms with Crippen LogP contribution in [0.4, 0.5) is 0 Å². The molecule has 0 unspecified atom stereocenters. The van der Waals surface area contributed by atoms with E-state index in [9.17, 15) is 0 Å². The van der Waals surface area contributed by atoms with Crippen molar-refractivity contribution in [3.05, 3.63) is 216 Å². The van der Waals surface area contributed by atoms with Crippen molar-refractivity contribution in [3.8, 4) is 56.0 Å². The Balaban J connectivity index is 1.15. The maximum atomic E-state index is 5.25. The maximum absolute atomic E-state index is 5.25. The Kier molecular flexibility index (Phi) is 6.29. The molecule has 0 atom stereocenters. The van der Waals surface area contributed by atoms with Crippen LogP contribution >= 0.6 is 0 Å². The highest BCUT2D eigenvalue weighted by molar-refractivity contribution is 6.13. The van der Waals surface area contributed by atoms with Crippen LogP contribution in [0, 0.1) is 0 Å². The molecule has 0 N–H and O–H groups in total. The van der Waals surface area contributed by atoms with Crippen LogP contribution in [0.25, 0.3) is 88.5 Å². The third-order valence-electron chi connectivity index (χ3n) is 12.0. The normalized spacial score (nSPS) is 13.2. The molecule has 2 heteroatoms. The summed E-state index contributed by atoms with van der Waals surface area (Å²) in [5.74, 6) is 0.721. The van der Waals surface area contributed by atoms with Gasteiger partial charge in [0.05, 0.1) is 16.6 Å². The fourth-order valence-corrected chi connectivity index (χ4v) is 9.77. The van der Waals surface area contributed by atoms with Crippen LogP contribution in [0.2, 0.25) is 0 Å². The molecule has 0 saturated carbocycles. The lowest BCUT2D eigenvalue weighted by Gasteiger charge is -2.31. The van der Waals surface area contributed by atoms with Crippen LogP contribution in [0.1, 0.15) is 22.3 Å². The monoisotopic (exact) mass is 696 g/mol. The van der Waals surface area contributed by atoms with Crippen molar-refractivity contribution in [1.29, 1.82) is 0 Å². The molecule has 1 heterocycles. The molecule has 10 aromatic rings. The smallest absolute Gasteiger partial charge is 0.160 e. The molecule has 0 radical (unpaired) electrons. The van der Waals surface area contributed by atoms with E-state index in [4.69, 9.17) is 9.97 Å². The summed E-state index contributed by atoms with van der Waals surface area (Å²) in [5, 5.41) is 6.07. The van der Waals surface area contributed by atoms with Crippen LogP contribution in [-0.2, 0) is 5.41 Å². The number of fused-ring (bicyclic) bond motifs is 14. The third-order valence-corrected chi connectivity index (χ3v) is 12.0. The predicted molar refractivity (Wildman–Crippen MR) is 227 cm³/mol. The van der Waals surface area contributed by atoms with Gasteiger partial charge in [0.15, 0.2) is 5.82 Å². The average molecular weight is 697 g/mol. The van der Waals surface area contributed by atoms with Crippen molar-refractivity contribution in [2.45, 2.75) is 5.41 Å². The number of nitrogens with zero attached hydrogens (tertiary/aromatic N) is 2. The molecule has 9 aromatic carbocycles. The first-order chi connectivity index (χ1) is 27.3.